The minimum absolute atomic E-state index is 0.252. The van der Waals surface area contributed by atoms with Crippen LogP contribution in [0.1, 0.15) is 22.9 Å². The van der Waals surface area contributed by atoms with Crippen LogP contribution in [0, 0.1) is 0 Å². The van der Waals surface area contributed by atoms with E-state index in [4.69, 9.17) is 9.47 Å². The molecule has 1 unspecified atom stereocenters. The van der Waals surface area contributed by atoms with Crippen molar-refractivity contribution in [1.82, 2.24) is 0 Å². The van der Waals surface area contributed by atoms with E-state index < -0.39 is 0 Å². The SMILES string of the molecule is CCOc1cc(Br)c2c(c1)C(Br)COCC2. The molecule has 88 valence electrons. The number of hydrogen-bond donors (Lipinski definition) is 0. The first kappa shape index (κ1) is 12.4. The van der Waals surface area contributed by atoms with Gasteiger partial charge in [0, 0.05) is 4.47 Å². The van der Waals surface area contributed by atoms with Crippen molar-refractivity contribution in [2.75, 3.05) is 19.8 Å². The molecule has 1 heterocycles. The maximum absolute atomic E-state index is 5.55. The molecule has 0 N–H and O–H groups in total. The predicted octanol–water partition coefficient (Wildman–Crippen LogP) is 3.86. The van der Waals surface area contributed by atoms with E-state index in [-0.39, 0.29) is 4.83 Å². The maximum atomic E-state index is 5.55. The van der Waals surface area contributed by atoms with E-state index in [2.05, 4.69) is 37.9 Å². The number of fused-ring (bicyclic) bond motifs is 1. The van der Waals surface area contributed by atoms with Crippen LogP contribution in [0.5, 0.6) is 5.75 Å². The van der Waals surface area contributed by atoms with Crippen LogP contribution in [0.2, 0.25) is 0 Å². The molecule has 0 amide bonds. The quantitative estimate of drug-likeness (QED) is 0.755. The molecule has 0 aliphatic carbocycles. The monoisotopic (exact) mass is 348 g/mol. The van der Waals surface area contributed by atoms with E-state index in [0.29, 0.717) is 6.61 Å². The number of halogens is 2. The standard InChI is InChI=1S/C12H14Br2O2/c1-2-16-8-5-10-9(11(13)6-8)3-4-15-7-12(10)14/h5-6,12H,2-4,7H2,1H3. The highest BCUT2D eigenvalue weighted by Gasteiger charge is 2.19. The maximum Gasteiger partial charge on any atom is 0.120 e. The van der Waals surface area contributed by atoms with Crippen LogP contribution in [0.4, 0.5) is 0 Å². The molecule has 0 bridgehead atoms. The Balaban J connectivity index is 2.42. The van der Waals surface area contributed by atoms with Gasteiger partial charge in [0.05, 0.1) is 24.6 Å². The summed E-state index contributed by atoms with van der Waals surface area (Å²) in [5.41, 5.74) is 2.60. The van der Waals surface area contributed by atoms with Crippen molar-refractivity contribution in [2.45, 2.75) is 18.2 Å². The number of rotatable bonds is 2. The summed E-state index contributed by atoms with van der Waals surface area (Å²) >= 11 is 7.26. The fraction of sp³-hybridized carbons (Fsp3) is 0.500. The average Bonchev–Trinajstić information content (AvgIpc) is 2.43. The molecule has 4 heteroatoms. The van der Waals surface area contributed by atoms with Crippen LogP contribution in [0.3, 0.4) is 0 Å². The normalized spacial score (nSPS) is 20.1. The van der Waals surface area contributed by atoms with Gasteiger partial charge in [0.1, 0.15) is 5.75 Å². The summed E-state index contributed by atoms with van der Waals surface area (Å²) in [7, 11) is 0. The van der Waals surface area contributed by atoms with Gasteiger partial charge in [0.15, 0.2) is 0 Å². The second kappa shape index (κ2) is 5.52. The van der Waals surface area contributed by atoms with E-state index in [0.717, 1.165) is 29.9 Å². The Hall–Kier alpha value is -0.0600. The van der Waals surface area contributed by atoms with Crippen molar-refractivity contribution in [1.29, 1.82) is 0 Å². The molecular formula is C12H14Br2O2. The lowest BCUT2D eigenvalue weighted by Gasteiger charge is -2.14. The summed E-state index contributed by atoms with van der Waals surface area (Å²) in [5.74, 6) is 0.916. The van der Waals surface area contributed by atoms with Crippen molar-refractivity contribution in [3.8, 4) is 5.75 Å². The lowest BCUT2D eigenvalue weighted by Crippen LogP contribution is -2.00. The Kier molecular flexibility index (Phi) is 4.27. The summed E-state index contributed by atoms with van der Waals surface area (Å²) < 4.78 is 12.2. The molecule has 1 aromatic carbocycles. The molecule has 0 spiro atoms. The van der Waals surface area contributed by atoms with E-state index in [1.54, 1.807) is 0 Å². The van der Waals surface area contributed by atoms with Crippen LogP contribution < -0.4 is 4.74 Å². The second-order valence-electron chi connectivity index (χ2n) is 3.70. The zero-order valence-corrected chi connectivity index (χ0v) is 12.3. The summed E-state index contributed by atoms with van der Waals surface area (Å²) in [5, 5.41) is 0. The highest BCUT2D eigenvalue weighted by atomic mass is 79.9. The van der Waals surface area contributed by atoms with Crippen LogP contribution in [0.15, 0.2) is 16.6 Å². The molecule has 2 rings (SSSR count). The Bertz CT molecular complexity index is 380. The summed E-state index contributed by atoms with van der Waals surface area (Å²) in [6, 6.07) is 4.14. The van der Waals surface area contributed by atoms with E-state index >= 15 is 0 Å². The molecule has 1 aliphatic rings. The van der Waals surface area contributed by atoms with E-state index in [9.17, 15) is 0 Å². The number of hydrogen-bond acceptors (Lipinski definition) is 2. The smallest absolute Gasteiger partial charge is 0.120 e. The highest BCUT2D eigenvalue weighted by molar-refractivity contribution is 9.10. The van der Waals surface area contributed by atoms with Gasteiger partial charge >= 0.3 is 0 Å². The van der Waals surface area contributed by atoms with Gasteiger partial charge in [-0.05, 0) is 36.6 Å². The number of benzene rings is 1. The zero-order chi connectivity index (χ0) is 11.5. The third kappa shape index (κ3) is 2.60. The van der Waals surface area contributed by atoms with Gasteiger partial charge in [-0.1, -0.05) is 31.9 Å². The fourth-order valence-corrected chi connectivity index (χ4v) is 3.12. The van der Waals surface area contributed by atoms with Crippen LogP contribution >= 0.6 is 31.9 Å². The van der Waals surface area contributed by atoms with Gasteiger partial charge in [0.2, 0.25) is 0 Å². The predicted molar refractivity (Wildman–Crippen MR) is 71.5 cm³/mol. The molecule has 2 nitrogen and oxygen atoms in total. The Morgan fingerprint density at radius 2 is 2.31 bits per heavy atom. The summed E-state index contributed by atoms with van der Waals surface area (Å²) in [4.78, 5) is 0.252. The van der Waals surface area contributed by atoms with Gasteiger partial charge < -0.3 is 9.47 Å². The Labute approximate surface area is 113 Å². The molecule has 16 heavy (non-hydrogen) atoms. The Morgan fingerprint density at radius 3 is 3.06 bits per heavy atom. The van der Waals surface area contributed by atoms with Gasteiger partial charge in [-0.2, -0.15) is 0 Å². The third-order valence-corrected chi connectivity index (χ3v) is 4.08. The van der Waals surface area contributed by atoms with Crippen LogP contribution in [0.25, 0.3) is 0 Å². The molecule has 1 atom stereocenters. The first-order chi connectivity index (χ1) is 7.72. The van der Waals surface area contributed by atoms with Gasteiger partial charge in [-0.25, -0.2) is 0 Å². The largest absolute Gasteiger partial charge is 0.494 e. The van der Waals surface area contributed by atoms with Gasteiger partial charge in [-0.3, -0.25) is 0 Å². The fourth-order valence-electron chi connectivity index (χ4n) is 1.88. The van der Waals surface area contributed by atoms with Gasteiger partial charge in [-0.15, -0.1) is 0 Å². The first-order valence-electron chi connectivity index (χ1n) is 5.39. The molecule has 0 saturated heterocycles. The summed E-state index contributed by atoms with van der Waals surface area (Å²) in [6.07, 6.45) is 0.949. The van der Waals surface area contributed by atoms with E-state index in [1.807, 2.05) is 13.0 Å². The topological polar surface area (TPSA) is 18.5 Å². The minimum atomic E-state index is 0.252. The van der Waals surface area contributed by atoms with Crippen molar-refractivity contribution < 1.29 is 9.47 Å². The summed E-state index contributed by atoms with van der Waals surface area (Å²) in [6.45, 7) is 4.18. The van der Waals surface area contributed by atoms with Crippen molar-refractivity contribution in [3.63, 3.8) is 0 Å². The van der Waals surface area contributed by atoms with Crippen LogP contribution in [-0.4, -0.2) is 19.8 Å². The average molecular weight is 350 g/mol. The van der Waals surface area contributed by atoms with Crippen molar-refractivity contribution in [2.24, 2.45) is 0 Å². The van der Waals surface area contributed by atoms with E-state index in [1.165, 1.54) is 11.1 Å². The minimum Gasteiger partial charge on any atom is -0.494 e. The Morgan fingerprint density at radius 1 is 1.50 bits per heavy atom. The number of ether oxygens (including phenoxy) is 2. The molecule has 0 radical (unpaired) electrons. The molecule has 0 aromatic heterocycles. The number of alkyl halides is 1. The van der Waals surface area contributed by atoms with Crippen molar-refractivity contribution >= 4 is 31.9 Å². The molecule has 1 aromatic rings. The molecule has 1 aliphatic heterocycles. The van der Waals surface area contributed by atoms with Crippen LogP contribution in [-0.2, 0) is 11.2 Å². The molecular weight excluding hydrogens is 336 g/mol. The lowest BCUT2D eigenvalue weighted by molar-refractivity contribution is 0.145. The molecule has 0 fully saturated rings. The zero-order valence-electron chi connectivity index (χ0n) is 9.13. The van der Waals surface area contributed by atoms with Gasteiger partial charge in [0.25, 0.3) is 0 Å². The highest BCUT2D eigenvalue weighted by Crippen LogP contribution is 2.36. The van der Waals surface area contributed by atoms with Crippen molar-refractivity contribution in [3.05, 3.63) is 27.7 Å². The lowest BCUT2D eigenvalue weighted by atomic mass is 10.0. The molecule has 0 saturated carbocycles. The third-order valence-electron chi connectivity index (χ3n) is 2.61. The second-order valence-corrected chi connectivity index (χ2v) is 5.66. The first-order valence-corrected chi connectivity index (χ1v) is 7.10.